The van der Waals surface area contributed by atoms with Gasteiger partial charge in [-0.15, -0.1) is 6.58 Å². The molecule has 0 aromatic rings. The third kappa shape index (κ3) is 28.4. The van der Waals surface area contributed by atoms with Crippen LogP contribution in [-0.4, -0.2) is 34.8 Å². The van der Waals surface area contributed by atoms with Gasteiger partial charge in [0, 0.05) is 32.4 Å². The SMILES string of the molecule is C=CCCC(=O)N1CCC(C(=N)S/C=C(\C)C(N)=O)CC1.CC.CC.CC.CC.CC.CC.[HH]. The summed E-state index contributed by atoms with van der Waals surface area (Å²) in [6.07, 6.45) is 4.58. The van der Waals surface area contributed by atoms with Gasteiger partial charge in [0.2, 0.25) is 11.8 Å². The van der Waals surface area contributed by atoms with Gasteiger partial charge in [0.15, 0.2) is 0 Å². The fourth-order valence-electron chi connectivity index (χ4n) is 2.08. The van der Waals surface area contributed by atoms with Crippen molar-refractivity contribution in [2.45, 2.75) is 116 Å². The fourth-order valence-corrected chi connectivity index (χ4v) is 2.93. The summed E-state index contributed by atoms with van der Waals surface area (Å²) in [7, 11) is 0. The van der Waals surface area contributed by atoms with Crippen LogP contribution in [0.2, 0.25) is 0 Å². The van der Waals surface area contributed by atoms with Crippen LogP contribution < -0.4 is 5.73 Å². The molecule has 1 aliphatic heterocycles. The molecule has 2 amide bonds. The number of thioether (sulfide) groups is 1. The molecule has 33 heavy (non-hydrogen) atoms. The van der Waals surface area contributed by atoms with Gasteiger partial charge < -0.3 is 10.6 Å². The Balaban J connectivity index is -0.0000000974. The van der Waals surface area contributed by atoms with Crippen LogP contribution in [0.3, 0.4) is 0 Å². The number of carbonyl (C=O) groups is 2. The first-order valence-corrected chi connectivity index (χ1v) is 13.9. The van der Waals surface area contributed by atoms with Crippen molar-refractivity contribution in [2.75, 3.05) is 13.1 Å². The molecule has 0 bridgehead atoms. The summed E-state index contributed by atoms with van der Waals surface area (Å²) in [6.45, 7) is 30.7. The number of nitrogens with one attached hydrogen (secondary N) is 1. The maximum absolute atomic E-state index is 11.9. The summed E-state index contributed by atoms with van der Waals surface area (Å²) in [5, 5.41) is 10.2. The number of amides is 2. The van der Waals surface area contributed by atoms with Gasteiger partial charge in [-0.25, -0.2) is 0 Å². The van der Waals surface area contributed by atoms with Crippen molar-refractivity contribution in [3.8, 4) is 0 Å². The van der Waals surface area contributed by atoms with E-state index < -0.39 is 5.91 Å². The molecule has 0 aromatic carbocycles. The molecule has 1 heterocycles. The molecule has 0 spiro atoms. The molecule has 3 N–H and O–H groups in total. The third-order valence-electron chi connectivity index (χ3n) is 3.53. The summed E-state index contributed by atoms with van der Waals surface area (Å²) in [5.74, 6) is -0.134. The Bertz CT molecular complexity index is 463. The van der Waals surface area contributed by atoms with Crippen molar-refractivity contribution in [2.24, 2.45) is 11.7 Å². The molecule has 0 aliphatic carbocycles. The summed E-state index contributed by atoms with van der Waals surface area (Å²) in [6, 6.07) is 0. The van der Waals surface area contributed by atoms with E-state index in [1.807, 2.05) is 88.0 Å². The number of piperidine rings is 1. The zero-order valence-corrected chi connectivity index (χ0v) is 25.2. The number of carbonyl (C=O) groups excluding carboxylic acids is 2. The molecule has 0 saturated carbocycles. The molecular weight excluding hydrogens is 430 g/mol. The number of primary amides is 1. The van der Waals surface area contributed by atoms with Crippen LogP contribution >= 0.6 is 11.8 Å². The van der Waals surface area contributed by atoms with Crippen LogP contribution in [0.25, 0.3) is 0 Å². The third-order valence-corrected chi connectivity index (χ3v) is 4.59. The lowest BCUT2D eigenvalue weighted by Crippen LogP contribution is -2.39. The van der Waals surface area contributed by atoms with Crippen molar-refractivity contribution < 1.29 is 11.0 Å². The van der Waals surface area contributed by atoms with E-state index in [4.69, 9.17) is 11.1 Å². The van der Waals surface area contributed by atoms with Gasteiger partial charge in [-0.3, -0.25) is 15.0 Å². The van der Waals surface area contributed by atoms with E-state index in [1.165, 1.54) is 11.8 Å². The number of nitrogens with zero attached hydrogens (tertiary/aromatic N) is 1. The Hall–Kier alpha value is -1.56. The van der Waals surface area contributed by atoms with Crippen molar-refractivity contribution in [1.82, 2.24) is 4.90 Å². The Morgan fingerprint density at radius 2 is 1.36 bits per heavy atom. The molecule has 202 valence electrons. The first-order valence-electron chi connectivity index (χ1n) is 13.1. The Morgan fingerprint density at radius 1 is 0.970 bits per heavy atom. The predicted octanol–water partition coefficient (Wildman–Crippen LogP) is 8.69. The first-order chi connectivity index (χ1) is 16.0. The minimum absolute atomic E-state index is 0. The Kier molecular flexibility index (Phi) is 55.6. The first kappa shape index (κ1) is 45.0. The maximum atomic E-state index is 11.9. The average Bonchev–Trinajstić information content (AvgIpc) is 2.92. The average molecular weight is 492 g/mol. The van der Waals surface area contributed by atoms with Crippen molar-refractivity contribution in [3.63, 3.8) is 0 Å². The van der Waals surface area contributed by atoms with Gasteiger partial charge in [-0.1, -0.05) is 101 Å². The highest BCUT2D eigenvalue weighted by Gasteiger charge is 2.24. The largest absolute Gasteiger partial charge is 0.366 e. The van der Waals surface area contributed by atoms with Gasteiger partial charge >= 0.3 is 0 Å². The Morgan fingerprint density at radius 3 is 1.70 bits per heavy atom. The highest BCUT2D eigenvalue weighted by atomic mass is 32.2. The van der Waals surface area contributed by atoms with E-state index in [0.29, 0.717) is 36.5 Å². The number of likely N-dealkylation sites (tertiary alicyclic amines) is 1. The number of hydrogen-bond acceptors (Lipinski definition) is 4. The quantitative estimate of drug-likeness (QED) is 0.168. The highest BCUT2D eigenvalue weighted by Crippen LogP contribution is 2.25. The summed E-state index contributed by atoms with van der Waals surface area (Å²) in [4.78, 5) is 24.7. The lowest BCUT2D eigenvalue weighted by molar-refractivity contribution is -0.132. The van der Waals surface area contributed by atoms with E-state index in [2.05, 4.69) is 6.58 Å². The van der Waals surface area contributed by atoms with Crippen LogP contribution in [0, 0.1) is 11.3 Å². The van der Waals surface area contributed by atoms with Gasteiger partial charge in [0.25, 0.3) is 0 Å². The normalized spacial score (nSPS) is 11.7. The second-order valence-electron chi connectivity index (χ2n) is 5.13. The van der Waals surface area contributed by atoms with Crippen LogP contribution in [0.15, 0.2) is 23.6 Å². The van der Waals surface area contributed by atoms with E-state index in [1.54, 1.807) is 18.4 Å². The van der Waals surface area contributed by atoms with Crippen LogP contribution in [0.1, 0.15) is 117 Å². The fraction of sp³-hybridized carbons (Fsp3) is 0.741. The summed E-state index contributed by atoms with van der Waals surface area (Å²) >= 11 is 1.25. The molecule has 5 nitrogen and oxygen atoms in total. The molecule has 0 radical (unpaired) electrons. The molecule has 1 aliphatic rings. The monoisotopic (exact) mass is 491 g/mol. The molecule has 0 unspecified atom stereocenters. The maximum Gasteiger partial charge on any atom is 0.244 e. The molecule has 1 rings (SSSR count). The molecule has 0 atom stereocenters. The van der Waals surface area contributed by atoms with Gasteiger partial charge in [0.05, 0.1) is 5.04 Å². The standard InChI is InChI=1S/C15H23N3O2S.6C2H6.H2/c1-3-4-5-13(19)18-8-6-12(7-9-18)15(17)21-10-11(2)14(16)20;6*1-2;/h3,10,12,17H,1,4-9H2,2H3,(H2,16,20);6*1-2H3;1H/b11-10+,17-15?;;;;;;;. The van der Waals surface area contributed by atoms with Crippen molar-refractivity contribution >= 4 is 28.6 Å². The number of rotatable bonds is 6. The van der Waals surface area contributed by atoms with E-state index in [0.717, 1.165) is 12.8 Å². The number of allylic oxidation sites excluding steroid dienone is 1. The lowest BCUT2D eigenvalue weighted by atomic mass is 9.97. The number of nitrogens with two attached hydrogens (primary N) is 1. The van der Waals surface area contributed by atoms with Gasteiger partial charge in [0.1, 0.15) is 0 Å². The predicted molar refractivity (Wildman–Crippen MR) is 157 cm³/mol. The minimum atomic E-state index is -0.460. The summed E-state index contributed by atoms with van der Waals surface area (Å²) < 4.78 is 0. The van der Waals surface area contributed by atoms with E-state index >= 15 is 0 Å². The highest BCUT2D eigenvalue weighted by molar-refractivity contribution is 8.16. The van der Waals surface area contributed by atoms with E-state index in [-0.39, 0.29) is 13.3 Å². The summed E-state index contributed by atoms with van der Waals surface area (Å²) in [5.41, 5.74) is 5.61. The van der Waals surface area contributed by atoms with Gasteiger partial charge in [-0.05, 0) is 31.6 Å². The van der Waals surface area contributed by atoms with E-state index in [9.17, 15) is 9.59 Å². The lowest BCUT2D eigenvalue weighted by Gasteiger charge is -2.32. The Labute approximate surface area is 214 Å². The van der Waals surface area contributed by atoms with Crippen molar-refractivity contribution in [1.29, 1.82) is 5.41 Å². The smallest absolute Gasteiger partial charge is 0.244 e. The second-order valence-corrected chi connectivity index (χ2v) is 6.04. The molecule has 0 aromatic heterocycles. The van der Waals surface area contributed by atoms with Crippen LogP contribution in [0.4, 0.5) is 0 Å². The number of hydrogen-bond donors (Lipinski definition) is 2. The van der Waals surface area contributed by atoms with Crippen molar-refractivity contribution in [3.05, 3.63) is 23.6 Å². The molecular formula is C27H61N3O2S. The minimum Gasteiger partial charge on any atom is -0.366 e. The zero-order chi connectivity index (χ0) is 27.8. The zero-order valence-electron chi connectivity index (χ0n) is 24.4. The second kappa shape index (κ2) is 40.8. The topological polar surface area (TPSA) is 87.2 Å². The van der Waals surface area contributed by atoms with Crippen LogP contribution in [0.5, 0.6) is 0 Å². The van der Waals surface area contributed by atoms with Crippen LogP contribution in [-0.2, 0) is 9.59 Å². The van der Waals surface area contributed by atoms with Gasteiger partial charge in [-0.2, -0.15) is 0 Å². The molecule has 6 heteroatoms. The molecule has 1 saturated heterocycles. The molecule has 1 fully saturated rings.